The minimum Gasteiger partial charge on any atom is -0.465 e. The predicted octanol–water partition coefficient (Wildman–Crippen LogP) is 7.92. The molecule has 0 heterocycles. The molecule has 0 rings (SSSR count). The number of carbonyl (C=O) groups is 4. The van der Waals surface area contributed by atoms with Crippen LogP contribution in [0.4, 0.5) is 0 Å². The molecule has 2 radical (unpaired) electrons. The Hall–Kier alpha value is -1.53. The largest absolute Gasteiger partial charge is 0.465 e. The fraction of sp³-hybridized carbons (Fsp3) is 0.900. The van der Waals surface area contributed by atoms with E-state index >= 15 is 0 Å². The molecular weight excluding hydrogens is 793 g/mol. The van der Waals surface area contributed by atoms with Gasteiger partial charge in [-0.25, -0.2) is 0 Å². The van der Waals surface area contributed by atoms with E-state index in [1.54, 1.807) is 0 Å². The quantitative estimate of drug-likeness (QED) is 0.0284. The van der Waals surface area contributed by atoms with Gasteiger partial charge in [0.25, 0.3) is 20.2 Å². The van der Waals surface area contributed by atoms with Gasteiger partial charge in [-0.15, -0.1) is 0 Å². The molecule has 17 heteroatoms. The van der Waals surface area contributed by atoms with E-state index in [1.807, 2.05) is 27.7 Å². The molecule has 0 bridgehead atoms. The normalized spacial score (nSPS) is 14.6. The summed E-state index contributed by atoms with van der Waals surface area (Å²) in [5.41, 5.74) is 0. The molecular formula is C40H76MgO14S2. The highest BCUT2D eigenvalue weighted by Gasteiger charge is 2.37. The maximum atomic E-state index is 12.2. The molecule has 57 heavy (non-hydrogen) atoms. The van der Waals surface area contributed by atoms with Gasteiger partial charge in [0.15, 0.2) is 10.5 Å². The predicted molar refractivity (Wildman–Crippen MR) is 223 cm³/mol. The summed E-state index contributed by atoms with van der Waals surface area (Å²) in [6.07, 6.45) is 13.5. The monoisotopic (exact) mass is 868 g/mol. The summed E-state index contributed by atoms with van der Waals surface area (Å²) in [5, 5.41) is -3.89. The minimum absolute atomic E-state index is 0. The van der Waals surface area contributed by atoms with Crippen LogP contribution in [0, 0.1) is 23.7 Å². The van der Waals surface area contributed by atoms with Crippen molar-refractivity contribution < 1.29 is 64.1 Å². The lowest BCUT2D eigenvalue weighted by atomic mass is 10.0. The van der Waals surface area contributed by atoms with Crippen LogP contribution in [-0.4, -0.2) is 110 Å². The van der Waals surface area contributed by atoms with Gasteiger partial charge in [-0.3, -0.25) is 28.3 Å². The van der Waals surface area contributed by atoms with Crippen molar-refractivity contribution >= 4 is 67.2 Å². The van der Waals surface area contributed by atoms with Gasteiger partial charge in [-0.2, -0.15) is 16.8 Å². The third kappa shape index (κ3) is 30.2. The molecule has 0 saturated carbocycles. The van der Waals surface area contributed by atoms with Gasteiger partial charge in [0.2, 0.25) is 0 Å². The first kappa shape index (κ1) is 59.8. The summed E-state index contributed by atoms with van der Waals surface area (Å²) in [5.74, 6) is -3.21. The number of hydrogen-bond acceptors (Lipinski definition) is 12. The van der Waals surface area contributed by atoms with Crippen molar-refractivity contribution in [2.45, 2.75) is 181 Å². The average molecular weight is 869 g/mol. The van der Waals surface area contributed by atoms with Crippen molar-refractivity contribution in [3.8, 4) is 0 Å². The van der Waals surface area contributed by atoms with Crippen LogP contribution in [0.25, 0.3) is 0 Å². The fourth-order valence-electron chi connectivity index (χ4n) is 5.64. The van der Waals surface area contributed by atoms with E-state index in [0.29, 0.717) is 0 Å². The second kappa shape index (κ2) is 35.2. The van der Waals surface area contributed by atoms with E-state index in [1.165, 1.54) is 0 Å². The summed E-state index contributed by atoms with van der Waals surface area (Å²) in [7, 11) is -9.53. The number of unbranched alkanes of at least 4 members (excludes halogenated alkanes) is 4. The van der Waals surface area contributed by atoms with Crippen molar-refractivity contribution in [1.82, 2.24) is 0 Å². The molecule has 0 fully saturated rings. The summed E-state index contributed by atoms with van der Waals surface area (Å²) < 4.78 is 85.5. The van der Waals surface area contributed by atoms with Crippen LogP contribution in [0.5, 0.6) is 0 Å². The standard InChI is InChI=1S/2C20H38O7S.Mg/c2*1-5-9-11-16(7-3)14-26-19(21)13-18(28(23,24)25)20(22)27-15-17(8-4)12-10-6-2;/h2*16-18H,5-15H2,1-4H3,(H,23,24,25);. The van der Waals surface area contributed by atoms with Crippen molar-refractivity contribution in [2.24, 2.45) is 23.7 Å². The van der Waals surface area contributed by atoms with Crippen LogP contribution < -0.4 is 0 Å². The fourth-order valence-corrected chi connectivity index (χ4v) is 6.96. The molecule has 0 aromatic rings. The lowest BCUT2D eigenvalue weighted by molar-refractivity contribution is -0.151. The summed E-state index contributed by atoms with van der Waals surface area (Å²) >= 11 is 0. The Balaban J connectivity index is -0.00000101. The van der Waals surface area contributed by atoms with Crippen LogP contribution in [0.2, 0.25) is 0 Å². The van der Waals surface area contributed by atoms with E-state index in [0.717, 1.165) is 103 Å². The van der Waals surface area contributed by atoms with E-state index < -0.39 is 67.5 Å². The molecule has 0 spiro atoms. The van der Waals surface area contributed by atoms with Crippen molar-refractivity contribution in [1.29, 1.82) is 0 Å². The third-order valence-corrected chi connectivity index (χ3v) is 12.2. The summed E-state index contributed by atoms with van der Waals surface area (Å²) in [6.45, 7) is 16.7. The Morgan fingerprint density at radius 3 is 0.860 bits per heavy atom. The molecule has 334 valence electrons. The number of esters is 4. The maximum Gasteiger partial charge on any atom is 0.327 e. The van der Waals surface area contributed by atoms with Crippen LogP contribution in [0.3, 0.4) is 0 Å². The van der Waals surface area contributed by atoms with Crippen LogP contribution >= 0.6 is 0 Å². The highest BCUT2D eigenvalue weighted by atomic mass is 32.2. The molecule has 0 aliphatic rings. The van der Waals surface area contributed by atoms with Crippen LogP contribution in [0.1, 0.15) is 171 Å². The van der Waals surface area contributed by atoms with Crippen molar-refractivity contribution in [3.05, 3.63) is 0 Å². The highest BCUT2D eigenvalue weighted by molar-refractivity contribution is 7.87. The minimum atomic E-state index is -4.76. The topological polar surface area (TPSA) is 214 Å². The van der Waals surface area contributed by atoms with Gasteiger partial charge >= 0.3 is 23.9 Å². The lowest BCUT2D eigenvalue weighted by Crippen LogP contribution is -2.35. The third-order valence-electron chi connectivity index (χ3n) is 10.0. The van der Waals surface area contributed by atoms with Gasteiger partial charge < -0.3 is 18.9 Å². The Labute approximate surface area is 361 Å². The zero-order valence-electron chi connectivity index (χ0n) is 36.3. The first-order valence-corrected chi connectivity index (χ1v) is 24.0. The molecule has 6 unspecified atom stereocenters. The molecule has 0 aliphatic heterocycles. The smallest absolute Gasteiger partial charge is 0.327 e. The van der Waals surface area contributed by atoms with Gasteiger partial charge in [-0.05, 0) is 49.4 Å². The first-order chi connectivity index (χ1) is 26.4. The maximum absolute atomic E-state index is 12.2. The Morgan fingerprint density at radius 2 is 0.667 bits per heavy atom. The van der Waals surface area contributed by atoms with E-state index in [4.69, 9.17) is 18.9 Å². The molecule has 0 saturated heterocycles. The molecule has 0 aromatic carbocycles. The number of carbonyl (C=O) groups excluding carboxylic acids is 4. The second-order valence-corrected chi connectivity index (χ2v) is 17.9. The van der Waals surface area contributed by atoms with Gasteiger partial charge in [0.1, 0.15) is 0 Å². The molecule has 0 amide bonds. The molecule has 0 aliphatic carbocycles. The summed E-state index contributed by atoms with van der Waals surface area (Å²) in [4.78, 5) is 48.4. The number of ether oxygens (including phenoxy) is 4. The molecule has 6 atom stereocenters. The average Bonchev–Trinajstić information content (AvgIpc) is 3.15. The SMILES string of the molecule is CCCCC(CC)COC(=O)CC(C(=O)OCC(CC)CCCC)S(=O)(=O)O.CCCCC(CC)COC(=O)CC(C(=O)OCC(CC)CCCC)S(=O)(=O)O.[Mg]. The van der Waals surface area contributed by atoms with E-state index in [2.05, 4.69) is 27.7 Å². The van der Waals surface area contributed by atoms with E-state index in [-0.39, 0.29) is 73.2 Å². The summed E-state index contributed by atoms with van der Waals surface area (Å²) in [6, 6.07) is 0. The van der Waals surface area contributed by atoms with E-state index in [9.17, 15) is 45.1 Å². The zero-order valence-corrected chi connectivity index (χ0v) is 39.4. The molecule has 0 aromatic heterocycles. The number of hydrogen-bond donors (Lipinski definition) is 2. The Morgan fingerprint density at radius 1 is 0.439 bits per heavy atom. The van der Waals surface area contributed by atoms with Crippen molar-refractivity contribution in [3.63, 3.8) is 0 Å². The Bertz CT molecular complexity index is 1190. The van der Waals surface area contributed by atoms with Crippen LogP contribution in [0.15, 0.2) is 0 Å². The van der Waals surface area contributed by atoms with Gasteiger partial charge in [0.05, 0.1) is 39.3 Å². The lowest BCUT2D eigenvalue weighted by Gasteiger charge is -2.18. The second-order valence-electron chi connectivity index (χ2n) is 14.7. The van der Waals surface area contributed by atoms with Crippen LogP contribution in [-0.2, 0) is 58.4 Å². The van der Waals surface area contributed by atoms with Crippen molar-refractivity contribution in [2.75, 3.05) is 26.4 Å². The molecule has 2 N–H and O–H groups in total. The first-order valence-electron chi connectivity index (χ1n) is 20.9. The molecule has 14 nitrogen and oxygen atoms in total. The zero-order chi connectivity index (χ0) is 43.2. The van der Waals surface area contributed by atoms with Gasteiger partial charge in [0, 0.05) is 23.1 Å². The Kier molecular flexibility index (Phi) is 37.0. The van der Waals surface area contributed by atoms with Gasteiger partial charge in [-0.1, -0.05) is 132 Å². The number of rotatable bonds is 32. The highest BCUT2D eigenvalue weighted by Crippen LogP contribution is 2.19.